The third-order valence-corrected chi connectivity index (χ3v) is 6.16. The largest absolute Gasteiger partial charge is 0.0925 e. The van der Waals surface area contributed by atoms with E-state index in [0.29, 0.717) is 16.2 Å². The van der Waals surface area contributed by atoms with Crippen LogP contribution in [0.5, 0.6) is 0 Å². The summed E-state index contributed by atoms with van der Waals surface area (Å²) in [6, 6.07) is 0. The molecule has 82 valence electrons. The van der Waals surface area contributed by atoms with Crippen molar-refractivity contribution >= 4 is 15.9 Å². The van der Waals surface area contributed by atoms with Crippen LogP contribution in [0.4, 0.5) is 0 Å². The molecule has 0 N–H and O–H groups in total. The van der Waals surface area contributed by atoms with Crippen LogP contribution in [0.3, 0.4) is 0 Å². The fraction of sp³-hybridized carbons (Fsp3) is 1.00. The first-order valence-corrected chi connectivity index (χ1v) is 7.08. The quantitative estimate of drug-likeness (QED) is 0.602. The Labute approximate surface area is 97.0 Å². The van der Waals surface area contributed by atoms with E-state index in [-0.39, 0.29) is 0 Å². The molecular weight excluding hydrogens is 236 g/mol. The maximum Gasteiger partial charge on any atom is 0.00707 e. The van der Waals surface area contributed by atoms with Gasteiger partial charge in [0.1, 0.15) is 0 Å². The first kappa shape index (κ1) is 11.0. The molecule has 0 aromatic rings. The molecule has 2 unspecified atom stereocenters. The van der Waals surface area contributed by atoms with Crippen LogP contribution < -0.4 is 0 Å². The lowest BCUT2D eigenvalue weighted by molar-refractivity contribution is 0.0736. The van der Waals surface area contributed by atoms with E-state index in [1.165, 1.54) is 31.0 Å². The molecule has 0 radical (unpaired) electrons. The van der Waals surface area contributed by atoms with Gasteiger partial charge in [-0.25, -0.2) is 0 Å². The molecule has 2 rings (SSSR count). The van der Waals surface area contributed by atoms with Gasteiger partial charge in [0, 0.05) is 5.33 Å². The first-order valence-electron chi connectivity index (χ1n) is 5.96. The molecular formula is C13H23Br. The van der Waals surface area contributed by atoms with Gasteiger partial charge in [0.25, 0.3) is 0 Å². The van der Waals surface area contributed by atoms with Gasteiger partial charge in [0.05, 0.1) is 0 Å². The second kappa shape index (κ2) is 2.99. The van der Waals surface area contributed by atoms with Gasteiger partial charge in [0.2, 0.25) is 0 Å². The zero-order valence-corrected chi connectivity index (χ0v) is 11.6. The van der Waals surface area contributed by atoms with Crippen LogP contribution in [0.2, 0.25) is 0 Å². The van der Waals surface area contributed by atoms with Crippen molar-refractivity contribution in [2.75, 3.05) is 5.33 Å². The third-order valence-electron chi connectivity index (χ3n) is 5.52. The second-order valence-corrected chi connectivity index (χ2v) is 7.14. The highest BCUT2D eigenvalue weighted by atomic mass is 79.9. The molecule has 2 aliphatic rings. The van der Waals surface area contributed by atoms with Gasteiger partial charge < -0.3 is 0 Å². The Balaban J connectivity index is 2.32. The summed E-state index contributed by atoms with van der Waals surface area (Å²) in [5, 5.41) is 1.20. The first-order chi connectivity index (χ1) is 6.40. The predicted octanol–water partition coefficient (Wildman–Crippen LogP) is 4.62. The van der Waals surface area contributed by atoms with E-state index in [4.69, 9.17) is 0 Å². The summed E-state index contributed by atoms with van der Waals surface area (Å²) < 4.78 is 0. The highest BCUT2D eigenvalue weighted by Gasteiger charge is 2.75. The number of halogens is 1. The normalized spacial score (nSPS) is 43.9. The zero-order chi connectivity index (χ0) is 10.6. The SMILES string of the molecule is CC1(C)CCCCC12C(CBr)C2(C)C. The van der Waals surface area contributed by atoms with Gasteiger partial charge in [-0.05, 0) is 35.0 Å². The summed E-state index contributed by atoms with van der Waals surface area (Å²) in [6.07, 6.45) is 5.79. The number of rotatable bonds is 1. The molecule has 14 heavy (non-hydrogen) atoms. The average Bonchev–Trinajstić information content (AvgIpc) is 2.55. The van der Waals surface area contributed by atoms with E-state index >= 15 is 0 Å². The van der Waals surface area contributed by atoms with E-state index < -0.39 is 0 Å². The Kier molecular flexibility index (Phi) is 2.35. The Bertz CT molecular complexity index is 242. The molecule has 0 saturated heterocycles. The van der Waals surface area contributed by atoms with Crippen molar-refractivity contribution in [2.45, 2.75) is 53.4 Å². The lowest BCUT2D eigenvalue weighted by atomic mass is 9.62. The van der Waals surface area contributed by atoms with Gasteiger partial charge >= 0.3 is 0 Å². The van der Waals surface area contributed by atoms with Crippen LogP contribution in [0.15, 0.2) is 0 Å². The molecule has 1 heteroatoms. The molecule has 2 fully saturated rings. The second-order valence-electron chi connectivity index (χ2n) is 6.49. The maximum absolute atomic E-state index is 3.71. The Morgan fingerprint density at radius 1 is 1.07 bits per heavy atom. The summed E-state index contributed by atoms with van der Waals surface area (Å²) >= 11 is 3.71. The lowest BCUT2D eigenvalue weighted by Crippen LogP contribution is -2.34. The lowest BCUT2D eigenvalue weighted by Gasteiger charge is -2.42. The number of alkyl halides is 1. The molecule has 0 heterocycles. The molecule has 1 spiro atoms. The van der Waals surface area contributed by atoms with Crippen LogP contribution in [0.25, 0.3) is 0 Å². The Morgan fingerprint density at radius 3 is 2.07 bits per heavy atom. The van der Waals surface area contributed by atoms with Crippen molar-refractivity contribution in [3.05, 3.63) is 0 Å². The van der Waals surface area contributed by atoms with Crippen molar-refractivity contribution in [2.24, 2.45) is 22.2 Å². The van der Waals surface area contributed by atoms with E-state index in [2.05, 4.69) is 43.6 Å². The van der Waals surface area contributed by atoms with Gasteiger partial charge in [-0.2, -0.15) is 0 Å². The molecule has 0 aliphatic heterocycles. The Morgan fingerprint density at radius 2 is 1.64 bits per heavy atom. The fourth-order valence-electron chi connectivity index (χ4n) is 4.66. The van der Waals surface area contributed by atoms with Crippen LogP contribution >= 0.6 is 15.9 Å². The summed E-state index contributed by atoms with van der Waals surface area (Å²) in [7, 11) is 0. The molecule has 0 aromatic carbocycles. The topological polar surface area (TPSA) is 0 Å². The van der Waals surface area contributed by atoms with Crippen molar-refractivity contribution in [3.63, 3.8) is 0 Å². The van der Waals surface area contributed by atoms with Crippen LogP contribution in [-0.4, -0.2) is 5.33 Å². The van der Waals surface area contributed by atoms with Gasteiger partial charge in [-0.3, -0.25) is 0 Å². The minimum atomic E-state index is 0.563. The highest BCUT2D eigenvalue weighted by Crippen LogP contribution is 2.80. The Hall–Kier alpha value is 0.480. The third kappa shape index (κ3) is 1.06. The smallest absolute Gasteiger partial charge is 0.00707 e. The highest BCUT2D eigenvalue weighted by molar-refractivity contribution is 9.09. The summed E-state index contributed by atoms with van der Waals surface area (Å²) in [5.41, 5.74) is 1.77. The predicted molar refractivity (Wildman–Crippen MR) is 65.7 cm³/mol. The maximum atomic E-state index is 3.71. The number of hydrogen-bond acceptors (Lipinski definition) is 0. The van der Waals surface area contributed by atoms with Crippen LogP contribution in [0.1, 0.15) is 53.4 Å². The molecule has 0 amide bonds. The van der Waals surface area contributed by atoms with E-state index in [1.54, 1.807) is 0 Å². The molecule has 0 nitrogen and oxygen atoms in total. The molecule has 0 bridgehead atoms. The minimum Gasteiger partial charge on any atom is -0.0925 e. The van der Waals surface area contributed by atoms with Crippen LogP contribution in [-0.2, 0) is 0 Å². The molecule has 0 aromatic heterocycles. The molecule has 2 saturated carbocycles. The van der Waals surface area contributed by atoms with Gasteiger partial charge in [0.15, 0.2) is 0 Å². The standard InChI is InChI=1S/C13H23Br/c1-11(2)7-5-6-8-13(11)10(9-14)12(13,3)4/h10H,5-9H2,1-4H3. The molecule has 2 aliphatic carbocycles. The summed E-state index contributed by atoms with van der Waals surface area (Å²) in [5.74, 6) is 0.908. The van der Waals surface area contributed by atoms with Crippen LogP contribution in [0, 0.1) is 22.2 Å². The van der Waals surface area contributed by atoms with E-state index in [1.807, 2.05) is 0 Å². The van der Waals surface area contributed by atoms with Crippen molar-refractivity contribution < 1.29 is 0 Å². The number of hydrogen-bond donors (Lipinski definition) is 0. The van der Waals surface area contributed by atoms with Crippen molar-refractivity contribution in [3.8, 4) is 0 Å². The zero-order valence-electron chi connectivity index (χ0n) is 9.99. The van der Waals surface area contributed by atoms with Crippen molar-refractivity contribution in [1.82, 2.24) is 0 Å². The van der Waals surface area contributed by atoms with Crippen molar-refractivity contribution in [1.29, 1.82) is 0 Å². The molecule has 2 atom stereocenters. The van der Waals surface area contributed by atoms with Gasteiger partial charge in [-0.15, -0.1) is 0 Å². The minimum absolute atomic E-state index is 0.563. The average molecular weight is 259 g/mol. The van der Waals surface area contributed by atoms with E-state index in [9.17, 15) is 0 Å². The summed E-state index contributed by atoms with van der Waals surface area (Å²) in [4.78, 5) is 0. The van der Waals surface area contributed by atoms with E-state index in [0.717, 1.165) is 5.92 Å². The summed E-state index contributed by atoms with van der Waals surface area (Å²) in [6.45, 7) is 9.95. The van der Waals surface area contributed by atoms with Gasteiger partial charge in [-0.1, -0.05) is 56.5 Å². The monoisotopic (exact) mass is 258 g/mol. The fourth-order valence-corrected chi connectivity index (χ4v) is 6.03.